The summed E-state index contributed by atoms with van der Waals surface area (Å²) < 4.78 is 0. The van der Waals surface area contributed by atoms with Crippen LogP contribution in [0.1, 0.15) is 146 Å². The number of aromatic amines is 6. The largest absolute Gasteiger partial charge is 0.478 e. The highest BCUT2D eigenvalue weighted by atomic mass is 16.4. The Morgan fingerprint density at radius 1 is 0.223 bits per heavy atom. The van der Waals surface area contributed by atoms with Crippen molar-refractivity contribution in [2.75, 3.05) is 0 Å². The van der Waals surface area contributed by atoms with Gasteiger partial charge in [0.25, 0.3) is 0 Å². The minimum Gasteiger partial charge on any atom is -0.478 e. The Hall–Kier alpha value is -13.9. The van der Waals surface area contributed by atoms with Gasteiger partial charge >= 0.3 is 41.8 Å². The van der Waals surface area contributed by atoms with E-state index in [1.807, 2.05) is 0 Å². The molecule has 0 fully saturated rings. The first kappa shape index (κ1) is 56.6. The maximum Gasteiger partial charge on any atom is 0.340 e. The summed E-state index contributed by atoms with van der Waals surface area (Å²) in [6.45, 7) is 1.76. The molecule has 24 bridgehead atoms. The highest BCUT2D eigenvalue weighted by Crippen LogP contribution is 2.41. The van der Waals surface area contributed by atoms with Gasteiger partial charge in [-0.1, -0.05) is 0 Å². The van der Waals surface area contributed by atoms with Crippen molar-refractivity contribution in [3.63, 3.8) is 0 Å². The molecule has 0 saturated heterocycles. The second kappa shape index (κ2) is 21.1. The summed E-state index contributed by atoms with van der Waals surface area (Å²) in [4.78, 5) is 142. The van der Waals surface area contributed by atoms with Gasteiger partial charge in [0.05, 0.1) is 107 Å². The molecule has 0 spiro atoms. The van der Waals surface area contributed by atoms with Gasteiger partial charge in [-0.15, -0.1) is 0 Å². The molecule has 0 aromatic carbocycles. The van der Waals surface area contributed by atoms with E-state index in [1.165, 1.54) is 103 Å². The van der Waals surface area contributed by atoms with E-state index in [0.29, 0.717) is 16.8 Å². The van der Waals surface area contributed by atoms with Crippen LogP contribution in [0.3, 0.4) is 0 Å². The molecular formula is C68H40N12O14. The number of carboxylic acids is 7. The van der Waals surface area contributed by atoms with Crippen LogP contribution in [0.5, 0.6) is 0 Å². The first-order valence-corrected chi connectivity index (χ1v) is 28.4. The predicted octanol–water partition coefficient (Wildman–Crippen LogP) is 12.1. The Bertz CT molecular complexity index is 5860. The summed E-state index contributed by atoms with van der Waals surface area (Å²) in [6.07, 6.45) is 17.6. The predicted molar refractivity (Wildman–Crippen MR) is 348 cm³/mol. The lowest BCUT2D eigenvalue weighted by molar-refractivity contribution is 0.0686. The molecule has 9 aromatic heterocycles. The van der Waals surface area contributed by atoms with Crippen LogP contribution in [0, 0.1) is 6.92 Å². The van der Waals surface area contributed by atoms with Crippen molar-refractivity contribution < 1.29 is 69.3 Å². The van der Waals surface area contributed by atoms with E-state index in [1.54, 1.807) is 49.4 Å². The number of aromatic carboxylic acids is 7. The van der Waals surface area contributed by atoms with Gasteiger partial charge in [-0.05, 0) is 158 Å². The molecular weight excluding hydrogens is 1210 g/mol. The number of aryl methyl sites for hydroxylation is 1. The SMILES string of the molecule is Cc1c2nc(c(C(=O)O)c3ccc([nH]3)c(-c3c4nc(c(C(=O)O)c5ccc([nH]5)c(-c5c6nc(c(C(=O)O)c7ccc([nH]7)c(C(=O)O)c7nc(c(C(=O)O)c8ccc5[nH]8)C=C7)C=C6)c5nc(c(C(=O)O)c6ccc3[nH]6)C=C5)C=C4)c3nc(c(C(=O)O)c4ccc1[nH]4)C=C3)C=C2. The minimum atomic E-state index is -1.46. The zero-order valence-electron chi connectivity index (χ0n) is 48.0. The Labute approximate surface area is 522 Å². The van der Waals surface area contributed by atoms with Gasteiger partial charge in [-0.25, -0.2) is 63.5 Å². The zero-order chi connectivity index (χ0) is 65.3. The molecule has 13 N–H and O–H groups in total. The summed E-state index contributed by atoms with van der Waals surface area (Å²) in [5.74, 6) is -9.94. The number of H-pyrrole nitrogens is 6. The topological polar surface area (TPSA) is 433 Å². The molecule has 0 unspecified atom stereocenters. The quantitative estimate of drug-likeness (QED) is 0.0638. The van der Waals surface area contributed by atoms with E-state index in [0.717, 1.165) is 0 Å². The number of nitrogens with one attached hydrogen (secondary N) is 6. The maximum atomic E-state index is 13.9. The lowest BCUT2D eigenvalue weighted by atomic mass is 10.0. The van der Waals surface area contributed by atoms with Crippen LogP contribution >= 0.6 is 0 Å². The summed E-state index contributed by atoms with van der Waals surface area (Å²) >= 11 is 0. The number of carboxylic acid groups (broad SMARTS) is 7. The van der Waals surface area contributed by atoms with Crippen molar-refractivity contribution in [3.05, 3.63) is 186 Å². The Morgan fingerprint density at radius 3 is 0.596 bits per heavy atom. The average Bonchev–Trinajstić information content (AvgIpc) is 1.62. The van der Waals surface area contributed by atoms with Crippen molar-refractivity contribution >= 4 is 181 Å². The molecule has 9 aromatic rings. The van der Waals surface area contributed by atoms with Gasteiger partial charge in [0.1, 0.15) is 38.9 Å². The minimum absolute atomic E-state index is 0.00656. The standard InChI is InChI=1S/C68H40N12O14/c1-26-27-2-4-37(69-27)55(62(81)82)39-14-6-29(71-39)51(30-7-15-40(72-30)56(63(83)84)38-5-3-28(26)70-38)52-31-8-16-41(73-31)57(64(85)86)43-18-10-33(75-43)53(34-11-19-44(76-34)58(65(87)88)42-17-9-32(52)74-42)54-35-12-20-45(77-35)59(66(89)90)47-22-24-49(79-47)61(68(93)94)50-25-23-48(80-50)60(67(91)92)46-21-13-36(54)78-46/h2-25,69,72-73,76-77,80H,1H3,(H,81,82)(H,83,84)(H,85,86)(H,87,88)(H,89,90)(H,91,92)(H,93,94). The van der Waals surface area contributed by atoms with Gasteiger partial charge in [-0.2, -0.15) is 0 Å². The van der Waals surface area contributed by atoms with Crippen LogP contribution in [0.15, 0.2) is 72.8 Å². The number of rotatable bonds is 9. The van der Waals surface area contributed by atoms with Gasteiger partial charge in [0, 0.05) is 49.8 Å². The molecule has 26 heteroatoms. The monoisotopic (exact) mass is 1250 g/mol. The van der Waals surface area contributed by atoms with E-state index >= 15 is 0 Å². The van der Waals surface area contributed by atoms with Crippen LogP contribution in [0.4, 0.5) is 0 Å². The zero-order valence-corrected chi connectivity index (χ0v) is 48.0. The molecule has 15 rings (SSSR count). The molecule has 0 radical (unpaired) electrons. The van der Waals surface area contributed by atoms with Crippen molar-refractivity contribution in [1.29, 1.82) is 0 Å². The smallest absolute Gasteiger partial charge is 0.340 e. The fourth-order valence-corrected chi connectivity index (χ4v) is 12.4. The summed E-state index contributed by atoms with van der Waals surface area (Å²) in [7, 11) is 0. The van der Waals surface area contributed by atoms with Crippen molar-refractivity contribution in [1.82, 2.24) is 59.8 Å². The van der Waals surface area contributed by atoms with Crippen molar-refractivity contribution in [2.45, 2.75) is 6.92 Å². The highest BCUT2D eigenvalue weighted by Gasteiger charge is 2.29. The molecule has 15 heterocycles. The summed E-state index contributed by atoms with van der Waals surface area (Å²) in [5, 5.41) is 76.4. The van der Waals surface area contributed by atoms with Gasteiger partial charge < -0.3 is 65.6 Å². The molecule has 6 aliphatic rings. The molecule has 0 amide bonds. The normalized spacial score (nSPS) is 12.6. The fraction of sp³-hybridized carbons (Fsp3) is 0.0147. The third kappa shape index (κ3) is 9.08. The average molecular weight is 1250 g/mol. The number of aromatic nitrogens is 12. The lowest BCUT2D eigenvalue weighted by Crippen LogP contribution is -2.03. The fourth-order valence-electron chi connectivity index (χ4n) is 12.4. The first-order valence-electron chi connectivity index (χ1n) is 28.4. The summed E-state index contributed by atoms with van der Waals surface area (Å²) in [6, 6.07) is 18.0. The number of fused-ring (bicyclic) bond motifs is 24. The van der Waals surface area contributed by atoms with E-state index in [-0.39, 0.29) is 185 Å². The number of nitrogens with zero attached hydrogens (tertiary/aromatic N) is 6. The van der Waals surface area contributed by atoms with Gasteiger partial charge in [-0.3, -0.25) is 0 Å². The molecule has 6 aliphatic heterocycles. The lowest BCUT2D eigenvalue weighted by Gasteiger charge is -2.07. The van der Waals surface area contributed by atoms with Crippen LogP contribution in [0.25, 0.3) is 161 Å². The molecule has 0 atom stereocenters. The second-order valence-corrected chi connectivity index (χ2v) is 21.9. The second-order valence-electron chi connectivity index (χ2n) is 21.9. The van der Waals surface area contributed by atoms with E-state index in [4.69, 9.17) is 19.9 Å². The van der Waals surface area contributed by atoms with Gasteiger partial charge in [0.2, 0.25) is 0 Å². The van der Waals surface area contributed by atoms with Crippen LogP contribution < -0.4 is 0 Å². The molecule has 26 nitrogen and oxygen atoms in total. The highest BCUT2D eigenvalue weighted by molar-refractivity contribution is 6.12. The van der Waals surface area contributed by atoms with Crippen LogP contribution in [0.2, 0.25) is 0 Å². The Balaban J connectivity index is 1.08. The maximum absolute atomic E-state index is 13.9. The Morgan fingerprint density at radius 2 is 0.372 bits per heavy atom. The van der Waals surface area contributed by atoms with E-state index in [2.05, 4.69) is 39.9 Å². The summed E-state index contributed by atoms with van der Waals surface area (Å²) in [5.41, 5.74) is 0.123. The van der Waals surface area contributed by atoms with Crippen molar-refractivity contribution in [2.24, 2.45) is 0 Å². The molecule has 0 saturated carbocycles. The van der Waals surface area contributed by atoms with Crippen LogP contribution in [-0.4, -0.2) is 137 Å². The van der Waals surface area contributed by atoms with E-state index < -0.39 is 41.8 Å². The number of carbonyl (C=O) groups is 7. The molecule has 456 valence electrons. The van der Waals surface area contributed by atoms with Crippen LogP contribution in [-0.2, 0) is 0 Å². The number of hydrogen-bond donors (Lipinski definition) is 13. The molecule has 0 aliphatic carbocycles. The van der Waals surface area contributed by atoms with Crippen molar-refractivity contribution in [3.8, 4) is 22.3 Å². The van der Waals surface area contributed by atoms with Gasteiger partial charge in [0.15, 0.2) is 0 Å². The Kier molecular flexibility index (Phi) is 12.7. The van der Waals surface area contributed by atoms with E-state index in [9.17, 15) is 69.3 Å². The first-order chi connectivity index (χ1) is 45.3. The third-order valence-corrected chi connectivity index (χ3v) is 16.5. The number of hydrogen-bond acceptors (Lipinski definition) is 13. The third-order valence-electron chi connectivity index (χ3n) is 16.5. The molecule has 94 heavy (non-hydrogen) atoms.